The molecule has 6 nitrogen and oxygen atoms in total. The second-order valence-corrected chi connectivity index (χ2v) is 7.92. The zero-order chi connectivity index (χ0) is 15.6. The molecule has 0 aliphatic rings. The number of nitrogens with two attached hydrogens (primary N) is 1. The van der Waals surface area contributed by atoms with Gasteiger partial charge in [-0.1, -0.05) is 11.6 Å². The van der Waals surface area contributed by atoms with Crippen molar-refractivity contribution in [1.29, 1.82) is 0 Å². The molecule has 2 aromatic heterocycles. The number of primary sulfonamides is 1. The number of sulfonamides is 1. The zero-order valence-electron chi connectivity index (χ0n) is 10.2. The van der Waals surface area contributed by atoms with E-state index in [1.165, 1.54) is 17.5 Å². The first-order chi connectivity index (χ1) is 9.79. The van der Waals surface area contributed by atoms with E-state index in [-0.39, 0.29) is 9.77 Å². The lowest BCUT2D eigenvalue weighted by atomic mass is 10.3. The van der Waals surface area contributed by atoms with Gasteiger partial charge < -0.3 is 4.74 Å². The van der Waals surface area contributed by atoms with Gasteiger partial charge in [0.15, 0.2) is 6.61 Å². The molecule has 0 aromatic carbocycles. The summed E-state index contributed by atoms with van der Waals surface area (Å²) in [5.41, 5.74) is 0. The summed E-state index contributed by atoms with van der Waals surface area (Å²) in [5, 5.41) is 6.38. The van der Waals surface area contributed by atoms with Crippen LogP contribution in [0.5, 0.6) is 0 Å². The van der Waals surface area contributed by atoms with Gasteiger partial charge in [0.1, 0.15) is 9.77 Å². The lowest BCUT2D eigenvalue weighted by molar-refractivity contribution is 0.0477. The van der Waals surface area contributed by atoms with E-state index in [0.717, 1.165) is 22.7 Å². The Labute approximate surface area is 133 Å². The predicted molar refractivity (Wildman–Crippen MR) is 79.6 cm³/mol. The highest BCUT2D eigenvalue weighted by Crippen LogP contribution is 2.23. The van der Waals surface area contributed by atoms with Crippen LogP contribution >= 0.6 is 34.3 Å². The molecule has 2 heterocycles. The molecule has 2 N–H and O–H groups in total. The maximum atomic E-state index is 11.8. The molecule has 0 saturated carbocycles. The fourth-order valence-electron chi connectivity index (χ4n) is 1.40. The molecular weight excluding hydrogens is 358 g/mol. The third-order valence-corrected chi connectivity index (χ3v) is 5.55. The fraction of sp³-hybridized carbons (Fsp3) is 0.0909. The molecule has 0 amide bonds. The van der Waals surface area contributed by atoms with Crippen LogP contribution in [0, 0.1) is 0 Å². The largest absolute Gasteiger partial charge is 0.453 e. The van der Waals surface area contributed by atoms with Gasteiger partial charge in [0, 0.05) is 0 Å². The van der Waals surface area contributed by atoms with Gasteiger partial charge in [-0.15, -0.1) is 22.7 Å². The SMILES string of the molecule is NS(=O)(=O)c1ccsc1C(=O)OCC(=O)c1ccc(Cl)s1. The van der Waals surface area contributed by atoms with Crippen LogP contribution in [0.1, 0.15) is 19.3 Å². The molecule has 0 bridgehead atoms. The topological polar surface area (TPSA) is 104 Å². The third kappa shape index (κ3) is 3.89. The van der Waals surface area contributed by atoms with Crippen molar-refractivity contribution in [3.63, 3.8) is 0 Å². The number of hydrogen-bond donors (Lipinski definition) is 1. The van der Waals surface area contributed by atoms with E-state index < -0.39 is 28.4 Å². The molecular formula is C11H8ClNO5S3. The van der Waals surface area contributed by atoms with Gasteiger partial charge in [0.25, 0.3) is 0 Å². The van der Waals surface area contributed by atoms with Gasteiger partial charge in [-0.3, -0.25) is 4.79 Å². The van der Waals surface area contributed by atoms with E-state index in [0.29, 0.717) is 9.21 Å². The summed E-state index contributed by atoms with van der Waals surface area (Å²) < 4.78 is 27.8. The summed E-state index contributed by atoms with van der Waals surface area (Å²) >= 11 is 7.64. The monoisotopic (exact) mass is 365 g/mol. The van der Waals surface area contributed by atoms with Gasteiger partial charge >= 0.3 is 5.97 Å². The maximum Gasteiger partial charge on any atom is 0.350 e. The number of esters is 1. The number of rotatable bonds is 5. The average Bonchev–Trinajstić information content (AvgIpc) is 3.03. The molecule has 21 heavy (non-hydrogen) atoms. The lowest BCUT2D eigenvalue weighted by Crippen LogP contribution is -2.17. The van der Waals surface area contributed by atoms with Crippen molar-refractivity contribution in [1.82, 2.24) is 0 Å². The second kappa shape index (κ2) is 6.24. The first kappa shape index (κ1) is 16.1. The van der Waals surface area contributed by atoms with Crippen LogP contribution in [-0.2, 0) is 14.8 Å². The van der Waals surface area contributed by atoms with Crippen molar-refractivity contribution in [3.05, 3.63) is 37.7 Å². The van der Waals surface area contributed by atoms with Crippen LogP contribution in [0.15, 0.2) is 28.5 Å². The van der Waals surface area contributed by atoms with Gasteiger partial charge in [0.2, 0.25) is 15.8 Å². The maximum absolute atomic E-state index is 11.8. The van der Waals surface area contributed by atoms with Crippen molar-refractivity contribution < 1.29 is 22.7 Å². The van der Waals surface area contributed by atoms with E-state index in [9.17, 15) is 18.0 Å². The van der Waals surface area contributed by atoms with Crippen molar-refractivity contribution in [2.45, 2.75) is 4.90 Å². The number of halogens is 1. The highest BCUT2D eigenvalue weighted by atomic mass is 35.5. The Morgan fingerprint density at radius 3 is 2.57 bits per heavy atom. The van der Waals surface area contributed by atoms with E-state index >= 15 is 0 Å². The molecule has 10 heteroatoms. The number of ketones is 1. The molecule has 2 rings (SSSR count). The van der Waals surface area contributed by atoms with Crippen molar-refractivity contribution >= 4 is 56.1 Å². The standard InChI is InChI=1S/C11H8ClNO5S3/c12-9-2-1-7(20-9)6(14)5-18-11(15)10-8(3-4-19-10)21(13,16)17/h1-4H,5H2,(H2,13,16,17). The summed E-state index contributed by atoms with van der Waals surface area (Å²) in [7, 11) is -4.01. The predicted octanol–water partition coefficient (Wildman–Crippen LogP) is 2.15. The molecule has 2 aromatic rings. The van der Waals surface area contributed by atoms with E-state index in [1.807, 2.05) is 0 Å². The lowest BCUT2D eigenvalue weighted by Gasteiger charge is -2.03. The number of thiophene rings is 2. The minimum Gasteiger partial charge on any atom is -0.453 e. The average molecular weight is 366 g/mol. The third-order valence-electron chi connectivity index (χ3n) is 2.30. The minimum absolute atomic E-state index is 0.158. The Bertz CT molecular complexity index is 792. The van der Waals surface area contributed by atoms with Gasteiger partial charge in [-0.25, -0.2) is 18.4 Å². The Balaban J connectivity index is 2.06. The number of carbonyl (C=O) groups is 2. The number of ether oxygens (including phenoxy) is 1. The Kier molecular flexibility index (Phi) is 4.79. The molecule has 0 aliphatic heterocycles. The highest BCUT2D eigenvalue weighted by molar-refractivity contribution is 7.89. The van der Waals surface area contributed by atoms with Crippen LogP contribution in [0.25, 0.3) is 0 Å². The Morgan fingerprint density at radius 2 is 2.00 bits per heavy atom. The summed E-state index contributed by atoms with van der Waals surface area (Å²) in [6.07, 6.45) is 0. The van der Waals surface area contributed by atoms with Crippen molar-refractivity contribution in [2.24, 2.45) is 5.14 Å². The van der Waals surface area contributed by atoms with Crippen LogP contribution in [-0.4, -0.2) is 26.8 Å². The molecule has 0 fully saturated rings. The normalized spacial score (nSPS) is 11.3. The summed E-state index contributed by atoms with van der Waals surface area (Å²) in [4.78, 5) is 23.4. The number of Topliss-reactive ketones (excluding diaryl/α,β-unsaturated/α-hetero) is 1. The quantitative estimate of drug-likeness (QED) is 0.645. The Morgan fingerprint density at radius 1 is 1.29 bits per heavy atom. The smallest absolute Gasteiger partial charge is 0.350 e. The van der Waals surface area contributed by atoms with Crippen LogP contribution in [0.4, 0.5) is 0 Å². The van der Waals surface area contributed by atoms with E-state index in [4.69, 9.17) is 21.5 Å². The molecule has 0 radical (unpaired) electrons. The molecule has 0 spiro atoms. The number of hydrogen-bond acceptors (Lipinski definition) is 7. The molecule has 0 aliphatic carbocycles. The first-order valence-corrected chi connectivity index (χ1v) is 8.97. The van der Waals surface area contributed by atoms with E-state index in [1.54, 1.807) is 6.07 Å². The van der Waals surface area contributed by atoms with Gasteiger partial charge in [0.05, 0.1) is 9.21 Å². The second-order valence-electron chi connectivity index (χ2n) is 3.76. The van der Waals surface area contributed by atoms with Crippen LogP contribution in [0.2, 0.25) is 4.34 Å². The first-order valence-electron chi connectivity index (χ1n) is 5.35. The van der Waals surface area contributed by atoms with E-state index in [2.05, 4.69) is 0 Å². The molecule has 0 atom stereocenters. The molecule has 0 saturated heterocycles. The van der Waals surface area contributed by atoms with Gasteiger partial charge in [-0.2, -0.15) is 0 Å². The van der Waals surface area contributed by atoms with Gasteiger partial charge in [-0.05, 0) is 23.6 Å². The zero-order valence-corrected chi connectivity index (χ0v) is 13.4. The summed E-state index contributed by atoms with van der Waals surface area (Å²) in [6, 6.07) is 4.28. The number of carbonyl (C=O) groups excluding carboxylic acids is 2. The Hall–Kier alpha value is -1.26. The minimum atomic E-state index is -4.01. The summed E-state index contributed by atoms with van der Waals surface area (Å²) in [5.74, 6) is -1.33. The summed E-state index contributed by atoms with van der Waals surface area (Å²) in [6.45, 7) is -0.502. The fourth-order valence-corrected chi connectivity index (χ4v) is 4.23. The van der Waals surface area contributed by atoms with Crippen molar-refractivity contribution in [2.75, 3.05) is 6.61 Å². The van der Waals surface area contributed by atoms with Crippen molar-refractivity contribution in [3.8, 4) is 0 Å². The van der Waals surface area contributed by atoms with Crippen LogP contribution in [0.3, 0.4) is 0 Å². The highest BCUT2D eigenvalue weighted by Gasteiger charge is 2.23. The molecule has 0 unspecified atom stereocenters. The van der Waals surface area contributed by atoms with Crippen LogP contribution < -0.4 is 5.14 Å². The molecule has 112 valence electrons.